The van der Waals surface area contributed by atoms with Gasteiger partial charge in [-0.3, -0.25) is 0 Å². The molecule has 0 amide bonds. The fourth-order valence-corrected chi connectivity index (χ4v) is 5.36. The van der Waals surface area contributed by atoms with Gasteiger partial charge in [-0.15, -0.1) is 0 Å². The van der Waals surface area contributed by atoms with Gasteiger partial charge < -0.3 is 14.7 Å². The van der Waals surface area contributed by atoms with Crippen molar-refractivity contribution >= 4 is 44.4 Å². The van der Waals surface area contributed by atoms with Gasteiger partial charge in [-0.2, -0.15) is 0 Å². The summed E-state index contributed by atoms with van der Waals surface area (Å²) >= 11 is 0. The molecule has 0 bridgehead atoms. The van der Waals surface area contributed by atoms with E-state index in [2.05, 4.69) is 89.3 Å². The van der Waals surface area contributed by atoms with Gasteiger partial charge in [-0.25, -0.2) is 0 Å². The van der Waals surface area contributed by atoms with Gasteiger partial charge >= 0.3 is 0 Å². The van der Waals surface area contributed by atoms with E-state index in [1.807, 2.05) is 24.3 Å². The lowest BCUT2D eigenvalue weighted by molar-refractivity contribution is 0.548. The van der Waals surface area contributed by atoms with Crippen LogP contribution in [0.3, 0.4) is 0 Å². The lowest BCUT2D eigenvalue weighted by Crippen LogP contribution is -2.03. The van der Waals surface area contributed by atoms with Crippen molar-refractivity contribution in [2.75, 3.05) is 0 Å². The van der Waals surface area contributed by atoms with Crippen molar-refractivity contribution in [3.63, 3.8) is 0 Å². The Kier molecular flexibility index (Phi) is 4.25. The topological polar surface area (TPSA) is 44.1 Å². The number of para-hydroxylation sites is 2. The molecule has 2 heterocycles. The lowest BCUT2D eigenvalue weighted by Gasteiger charge is -2.19. The quantitative estimate of drug-likeness (QED) is 0.232. The molecular formula is C32H20N2O. The molecule has 0 spiro atoms. The fraction of sp³-hybridized carbons (Fsp3) is 0.0625. The molecule has 0 saturated heterocycles. The van der Waals surface area contributed by atoms with Gasteiger partial charge in [0.25, 0.3) is 0 Å². The highest BCUT2D eigenvalue weighted by molar-refractivity contribution is 6.09. The van der Waals surface area contributed by atoms with E-state index in [4.69, 9.17) is 10.2 Å². The van der Waals surface area contributed by atoms with Crippen LogP contribution in [-0.2, 0) is 6.42 Å². The molecule has 7 rings (SSSR count). The number of allylic oxidation sites excluding steroid dienone is 1. The van der Waals surface area contributed by atoms with Crippen LogP contribution in [-0.4, -0.2) is 4.57 Å². The lowest BCUT2D eigenvalue weighted by atomic mass is 9.90. The first-order chi connectivity index (χ1) is 17.3. The maximum Gasteiger partial charge on any atom is 0.134 e. The first-order valence-electron chi connectivity index (χ1n) is 11.7. The van der Waals surface area contributed by atoms with Crippen molar-refractivity contribution in [1.82, 2.24) is 4.57 Å². The first-order valence-corrected chi connectivity index (χ1v) is 11.7. The number of nitrogens with two attached hydrogens (primary N) is 1. The average Bonchev–Trinajstić information content (AvgIpc) is 3.44. The molecule has 2 aromatic heterocycles. The number of benzene rings is 3. The van der Waals surface area contributed by atoms with E-state index in [0.717, 1.165) is 57.2 Å². The van der Waals surface area contributed by atoms with Gasteiger partial charge in [-0.05, 0) is 66.5 Å². The fourth-order valence-electron chi connectivity index (χ4n) is 5.36. The van der Waals surface area contributed by atoms with Gasteiger partial charge in [-0.1, -0.05) is 48.5 Å². The van der Waals surface area contributed by atoms with E-state index < -0.39 is 0 Å². The summed E-state index contributed by atoms with van der Waals surface area (Å²) in [5.41, 5.74) is 14.2. The Morgan fingerprint density at radius 3 is 2.66 bits per heavy atom. The third-order valence-electron chi connectivity index (χ3n) is 6.89. The smallest absolute Gasteiger partial charge is 0.134 e. The van der Waals surface area contributed by atoms with Crippen LogP contribution in [0.25, 0.3) is 50.1 Å². The van der Waals surface area contributed by atoms with Crippen LogP contribution in [0.2, 0.25) is 0 Å². The van der Waals surface area contributed by atoms with Crippen molar-refractivity contribution in [2.45, 2.75) is 12.8 Å². The average molecular weight is 449 g/mol. The van der Waals surface area contributed by atoms with E-state index in [0.29, 0.717) is 0 Å². The third kappa shape index (κ3) is 2.96. The van der Waals surface area contributed by atoms with Gasteiger partial charge in [0.15, 0.2) is 0 Å². The van der Waals surface area contributed by atoms with Crippen molar-refractivity contribution in [2.24, 2.45) is 5.73 Å². The Labute approximate surface area is 203 Å². The molecule has 6 aromatic rings. The molecule has 0 fully saturated rings. The summed E-state index contributed by atoms with van der Waals surface area (Å²) < 4.78 is 8.43. The zero-order valence-corrected chi connectivity index (χ0v) is 18.9. The zero-order valence-electron chi connectivity index (χ0n) is 18.9. The Morgan fingerprint density at radius 2 is 1.74 bits per heavy atom. The summed E-state index contributed by atoms with van der Waals surface area (Å²) in [6.45, 7) is 0. The molecule has 4 aromatic carbocycles. The predicted octanol–water partition coefficient (Wildman–Crippen LogP) is 6.88. The van der Waals surface area contributed by atoms with Crippen molar-refractivity contribution in [1.29, 1.82) is 0 Å². The minimum absolute atomic E-state index is 0.868. The number of hydrogen-bond acceptors (Lipinski definition) is 2. The largest absolute Gasteiger partial charge is 0.460 e. The molecule has 1 aliphatic rings. The maximum absolute atomic E-state index is 6.15. The van der Waals surface area contributed by atoms with Crippen LogP contribution in [0.4, 0.5) is 0 Å². The highest BCUT2D eigenvalue weighted by Gasteiger charge is 2.22. The third-order valence-corrected chi connectivity index (χ3v) is 6.89. The monoisotopic (exact) mass is 448 g/mol. The second-order valence-corrected chi connectivity index (χ2v) is 8.82. The number of rotatable bonds is 2. The van der Waals surface area contributed by atoms with Gasteiger partial charge in [0, 0.05) is 45.3 Å². The zero-order chi connectivity index (χ0) is 23.4. The highest BCUT2D eigenvalue weighted by atomic mass is 16.3. The molecule has 35 heavy (non-hydrogen) atoms. The maximum atomic E-state index is 6.15. The minimum atomic E-state index is 0.868. The molecule has 2 N–H and O–H groups in total. The van der Waals surface area contributed by atoms with Crippen LogP contribution in [0.5, 0.6) is 0 Å². The van der Waals surface area contributed by atoms with E-state index in [9.17, 15) is 0 Å². The van der Waals surface area contributed by atoms with Crippen molar-refractivity contribution in [3.05, 3.63) is 113 Å². The second kappa shape index (κ2) is 7.59. The van der Waals surface area contributed by atoms with Crippen LogP contribution in [0, 0.1) is 24.1 Å². The number of aromatic nitrogens is 1. The molecule has 0 saturated carbocycles. The van der Waals surface area contributed by atoms with Crippen LogP contribution in [0.15, 0.2) is 83.3 Å². The van der Waals surface area contributed by atoms with E-state index >= 15 is 0 Å². The molecule has 0 radical (unpaired) electrons. The summed E-state index contributed by atoms with van der Waals surface area (Å²) in [6, 6.07) is 36.2. The molecular weight excluding hydrogens is 428 g/mol. The van der Waals surface area contributed by atoms with Crippen LogP contribution in [0.1, 0.15) is 28.9 Å². The predicted molar refractivity (Wildman–Crippen MR) is 142 cm³/mol. The Morgan fingerprint density at radius 1 is 0.886 bits per heavy atom. The number of fused-ring (bicyclic) bond motifs is 6. The van der Waals surface area contributed by atoms with Crippen LogP contribution < -0.4 is 5.73 Å². The highest BCUT2D eigenvalue weighted by Crippen LogP contribution is 2.40. The molecule has 1 aliphatic carbocycles. The van der Waals surface area contributed by atoms with Gasteiger partial charge in [0.1, 0.15) is 16.9 Å². The summed E-state index contributed by atoms with van der Waals surface area (Å²) in [4.78, 5) is 0. The molecule has 3 nitrogen and oxygen atoms in total. The van der Waals surface area contributed by atoms with E-state index in [1.54, 1.807) is 0 Å². The summed E-state index contributed by atoms with van der Waals surface area (Å²) in [7, 11) is 0. The minimum Gasteiger partial charge on any atom is -0.460 e. The molecule has 0 aliphatic heterocycles. The first kappa shape index (κ1) is 19.6. The standard InChI is InChI=1S/C32H20N2O/c33-18-17-21-13-15-23(22-14-16-32-27(20-22)26-9-3-6-12-31(26)35-32)30(19-21)34-28-10-4-1-7-24(28)25-8-2-5-11-29(25)34/h1-4,6-10,12-13,15,19-20H,14,16,33H2. The van der Waals surface area contributed by atoms with Gasteiger partial charge in [0.2, 0.25) is 0 Å². The SMILES string of the molecule is NC#Cc1ccc(C2=Cc3c(oc4ccccc34)CC2)c(-n2c3c#cccc3c3ccccc32)c1. The summed E-state index contributed by atoms with van der Waals surface area (Å²) in [5, 5.41) is 3.50. The number of nitrogens with zero attached hydrogens (tertiary/aromatic N) is 1. The summed E-state index contributed by atoms with van der Waals surface area (Å²) in [5.74, 6) is 4.09. The van der Waals surface area contributed by atoms with Gasteiger partial charge in [0.05, 0.1) is 11.2 Å². The Bertz CT molecular complexity index is 1820. The van der Waals surface area contributed by atoms with Crippen molar-refractivity contribution < 1.29 is 4.42 Å². The second-order valence-electron chi connectivity index (χ2n) is 8.82. The molecule has 164 valence electrons. The normalized spacial score (nSPS) is 12.7. The van der Waals surface area contributed by atoms with E-state index in [1.165, 1.54) is 22.1 Å². The van der Waals surface area contributed by atoms with Crippen LogP contribution >= 0.6 is 0 Å². The van der Waals surface area contributed by atoms with E-state index in [-0.39, 0.29) is 0 Å². The molecule has 0 atom stereocenters. The van der Waals surface area contributed by atoms with Crippen molar-refractivity contribution in [3.8, 4) is 17.7 Å². The Hall–Kier alpha value is -4.86. The number of hydrogen-bond donors (Lipinski definition) is 1. The number of furan rings is 1. The molecule has 3 heteroatoms. The summed E-state index contributed by atoms with van der Waals surface area (Å²) in [6.07, 6.45) is 4.06. The molecule has 0 unspecified atom stereocenters. The number of aryl methyl sites for hydroxylation is 1. The Balaban J connectivity index is 1.53.